The van der Waals surface area contributed by atoms with Gasteiger partial charge in [0.1, 0.15) is 12.4 Å². The van der Waals surface area contributed by atoms with Gasteiger partial charge in [0, 0.05) is 5.69 Å². The van der Waals surface area contributed by atoms with Crippen LogP contribution in [0.15, 0.2) is 35.6 Å². The van der Waals surface area contributed by atoms with E-state index in [1.807, 2.05) is 18.2 Å². The molecule has 1 aromatic heterocycles. The van der Waals surface area contributed by atoms with E-state index in [-0.39, 0.29) is 29.8 Å². The summed E-state index contributed by atoms with van der Waals surface area (Å²) in [6.45, 7) is 5.26. The van der Waals surface area contributed by atoms with Gasteiger partial charge >= 0.3 is 0 Å². The highest BCUT2D eigenvalue weighted by molar-refractivity contribution is 14.0. The van der Waals surface area contributed by atoms with Gasteiger partial charge in [-0.3, -0.25) is 4.99 Å². The van der Waals surface area contributed by atoms with Crippen LogP contribution in [0, 0.1) is 11.3 Å². The number of nitrogens with one attached hydrogen (secondary N) is 1. The molecule has 0 aliphatic rings. The molecule has 2 rings (SSSR count). The largest absolute Gasteiger partial charge is 0.370 e. The number of halogens is 1. The second-order valence-electron chi connectivity index (χ2n) is 5.12. The number of guanidine groups is 1. The summed E-state index contributed by atoms with van der Waals surface area (Å²) in [6, 6.07) is 9.96. The molecule has 0 atom stereocenters. The number of aliphatic imine (C=N–C) groups is 1. The third-order valence-electron chi connectivity index (χ3n) is 3.07. The zero-order chi connectivity index (χ0) is 15.9. The molecule has 0 aliphatic heterocycles. The minimum Gasteiger partial charge on any atom is -0.370 e. The number of rotatable bonds is 5. The summed E-state index contributed by atoms with van der Waals surface area (Å²) in [7, 11) is 0. The normalized spacial score (nSPS) is 11.0. The molecule has 8 heteroatoms. The van der Waals surface area contributed by atoms with Crippen molar-refractivity contribution in [3.8, 4) is 6.07 Å². The maximum absolute atomic E-state index is 8.64. The van der Waals surface area contributed by atoms with Gasteiger partial charge in [-0.25, -0.2) is 9.67 Å². The van der Waals surface area contributed by atoms with Gasteiger partial charge in [0.2, 0.25) is 0 Å². The zero-order valence-corrected chi connectivity index (χ0v) is 15.4. The van der Waals surface area contributed by atoms with Crippen LogP contribution in [0.4, 0.5) is 5.69 Å². The van der Waals surface area contributed by atoms with E-state index >= 15 is 0 Å². The van der Waals surface area contributed by atoms with Gasteiger partial charge in [0.15, 0.2) is 5.96 Å². The summed E-state index contributed by atoms with van der Waals surface area (Å²) in [5.41, 5.74) is 8.03. The molecule has 0 aliphatic carbocycles. The van der Waals surface area contributed by atoms with Gasteiger partial charge in [-0.05, 0) is 23.6 Å². The van der Waals surface area contributed by atoms with Crippen molar-refractivity contribution < 1.29 is 0 Å². The van der Waals surface area contributed by atoms with E-state index in [4.69, 9.17) is 11.0 Å². The van der Waals surface area contributed by atoms with E-state index in [1.54, 1.807) is 4.68 Å². The van der Waals surface area contributed by atoms with Gasteiger partial charge in [-0.15, -0.1) is 29.1 Å². The van der Waals surface area contributed by atoms with Crippen molar-refractivity contribution in [2.45, 2.75) is 26.3 Å². The maximum atomic E-state index is 8.64. The molecular formula is C15H20IN7. The summed E-state index contributed by atoms with van der Waals surface area (Å²) in [5, 5.41) is 15.7. The van der Waals surface area contributed by atoms with Gasteiger partial charge in [0.05, 0.1) is 13.1 Å². The smallest absolute Gasteiger partial charge is 0.252 e. The first kappa shape index (κ1) is 18.9. The molecule has 122 valence electrons. The average Bonchev–Trinajstić information content (AvgIpc) is 2.95. The lowest BCUT2D eigenvalue weighted by Gasteiger charge is -2.10. The molecule has 2 aromatic rings. The Hall–Kier alpha value is -2.15. The SMILES string of the molecule is CC(C)c1cccc(NC(N)=NCCn2cnc(C#N)n2)c1.I. The van der Waals surface area contributed by atoms with Crippen LogP contribution in [-0.2, 0) is 6.54 Å². The number of hydrogen-bond donors (Lipinski definition) is 2. The Labute approximate surface area is 152 Å². The fourth-order valence-corrected chi connectivity index (χ4v) is 1.89. The Kier molecular flexibility index (Phi) is 7.47. The Bertz CT molecular complexity index is 700. The predicted molar refractivity (Wildman–Crippen MR) is 101 cm³/mol. The van der Waals surface area contributed by atoms with Crippen molar-refractivity contribution >= 4 is 35.6 Å². The van der Waals surface area contributed by atoms with Gasteiger partial charge in [0.25, 0.3) is 5.82 Å². The van der Waals surface area contributed by atoms with E-state index in [9.17, 15) is 0 Å². The van der Waals surface area contributed by atoms with Crippen LogP contribution in [0.5, 0.6) is 0 Å². The molecule has 0 saturated carbocycles. The number of nitrogens with two attached hydrogens (primary N) is 1. The minimum absolute atomic E-state index is 0. The van der Waals surface area contributed by atoms with Crippen molar-refractivity contribution in [2.24, 2.45) is 10.7 Å². The van der Waals surface area contributed by atoms with Crippen LogP contribution in [0.2, 0.25) is 0 Å². The molecule has 0 bridgehead atoms. The Morgan fingerprint density at radius 3 is 2.91 bits per heavy atom. The van der Waals surface area contributed by atoms with Crippen LogP contribution < -0.4 is 11.1 Å². The molecule has 0 amide bonds. The Balaban J connectivity index is 0.00000264. The summed E-state index contributed by atoms with van der Waals surface area (Å²) < 4.78 is 1.56. The lowest BCUT2D eigenvalue weighted by atomic mass is 10.0. The van der Waals surface area contributed by atoms with Crippen molar-refractivity contribution in [2.75, 3.05) is 11.9 Å². The van der Waals surface area contributed by atoms with Crippen molar-refractivity contribution in [1.29, 1.82) is 5.26 Å². The first-order valence-electron chi connectivity index (χ1n) is 7.05. The molecule has 0 unspecified atom stereocenters. The molecule has 1 aromatic carbocycles. The standard InChI is InChI=1S/C15H19N7.HI/c1-11(2)12-4-3-5-13(8-12)20-15(17)18-6-7-22-10-19-14(9-16)21-22;/h3-5,8,10-11H,6-7H2,1-2H3,(H3,17,18,20);1H. The van der Waals surface area contributed by atoms with Crippen molar-refractivity contribution in [3.63, 3.8) is 0 Å². The summed E-state index contributed by atoms with van der Waals surface area (Å²) in [4.78, 5) is 8.06. The van der Waals surface area contributed by atoms with E-state index in [1.165, 1.54) is 11.9 Å². The van der Waals surface area contributed by atoms with E-state index in [0.717, 1.165) is 5.69 Å². The summed E-state index contributed by atoms with van der Waals surface area (Å²) in [6.07, 6.45) is 1.50. The van der Waals surface area contributed by atoms with Crippen molar-refractivity contribution in [3.05, 3.63) is 42.0 Å². The van der Waals surface area contributed by atoms with Crippen LogP contribution in [-0.4, -0.2) is 27.3 Å². The quantitative estimate of drug-likeness (QED) is 0.435. The maximum Gasteiger partial charge on any atom is 0.252 e. The number of anilines is 1. The lowest BCUT2D eigenvalue weighted by molar-refractivity contribution is 0.622. The predicted octanol–water partition coefficient (Wildman–Crippen LogP) is 2.32. The number of nitriles is 1. The summed E-state index contributed by atoms with van der Waals surface area (Å²) >= 11 is 0. The fraction of sp³-hybridized carbons (Fsp3) is 0.333. The first-order valence-corrected chi connectivity index (χ1v) is 7.05. The van der Waals surface area contributed by atoms with E-state index in [2.05, 4.69) is 46.4 Å². The molecule has 0 saturated heterocycles. The van der Waals surface area contributed by atoms with E-state index in [0.29, 0.717) is 25.0 Å². The number of hydrogen-bond acceptors (Lipinski definition) is 4. The molecule has 3 N–H and O–H groups in total. The van der Waals surface area contributed by atoms with E-state index < -0.39 is 0 Å². The van der Waals surface area contributed by atoms with Gasteiger partial charge < -0.3 is 11.1 Å². The molecule has 0 radical (unpaired) electrons. The summed E-state index contributed by atoms with van der Waals surface area (Å²) in [5.74, 6) is 0.962. The third-order valence-corrected chi connectivity index (χ3v) is 3.07. The second-order valence-corrected chi connectivity index (χ2v) is 5.12. The average molecular weight is 425 g/mol. The molecule has 1 heterocycles. The second kappa shape index (κ2) is 9.09. The Morgan fingerprint density at radius 1 is 1.48 bits per heavy atom. The number of aromatic nitrogens is 3. The molecule has 0 spiro atoms. The lowest BCUT2D eigenvalue weighted by Crippen LogP contribution is -2.23. The van der Waals surface area contributed by atoms with Gasteiger partial charge in [-0.2, -0.15) is 5.26 Å². The molecule has 7 nitrogen and oxygen atoms in total. The highest BCUT2D eigenvalue weighted by atomic mass is 127. The topological polar surface area (TPSA) is 105 Å². The number of nitrogens with zero attached hydrogens (tertiary/aromatic N) is 5. The first-order chi connectivity index (χ1) is 10.6. The highest BCUT2D eigenvalue weighted by Gasteiger charge is 2.01. The highest BCUT2D eigenvalue weighted by Crippen LogP contribution is 2.18. The van der Waals surface area contributed by atoms with Crippen LogP contribution in [0.3, 0.4) is 0 Å². The van der Waals surface area contributed by atoms with Gasteiger partial charge in [-0.1, -0.05) is 26.0 Å². The molecule has 0 fully saturated rings. The Morgan fingerprint density at radius 2 is 2.26 bits per heavy atom. The molecule has 23 heavy (non-hydrogen) atoms. The zero-order valence-electron chi connectivity index (χ0n) is 13.1. The number of benzene rings is 1. The van der Waals surface area contributed by atoms with Crippen LogP contribution >= 0.6 is 24.0 Å². The molecular weight excluding hydrogens is 405 g/mol. The monoisotopic (exact) mass is 425 g/mol. The van der Waals surface area contributed by atoms with Crippen LogP contribution in [0.1, 0.15) is 31.2 Å². The fourth-order valence-electron chi connectivity index (χ4n) is 1.89. The van der Waals surface area contributed by atoms with Crippen molar-refractivity contribution in [1.82, 2.24) is 14.8 Å². The minimum atomic E-state index is 0. The third kappa shape index (κ3) is 5.86. The van der Waals surface area contributed by atoms with Crippen LogP contribution in [0.25, 0.3) is 0 Å².